The third-order valence-corrected chi connectivity index (χ3v) is 1.86. The van der Waals surface area contributed by atoms with Gasteiger partial charge >= 0.3 is 5.97 Å². The van der Waals surface area contributed by atoms with E-state index in [1.165, 1.54) is 0 Å². The van der Waals surface area contributed by atoms with Crippen LogP contribution in [0.25, 0.3) is 0 Å². The van der Waals surface area contributed by atoms with E-state index in [0.29, 0.717) is 5.28 Å². The summed E-state index contributed by atoms with van der Waals surface area (Å²) >= 11 is 5.68. The molecule has 0 amide bonds. The predicted octanol–water partition coefficient (Wildman–Crippen LogP) is 1.57. The Morgan fingerprint density at radius 3 is 3.00 bits per heavy atom. The van der Waals surface area contributed by atoms with Crippen molar-refractivity contribution in [3.8, 4) is 0 Å². The van der Waals surface area contributed by atoms with Crippen LogP contribution in [0.1, 0.15) is 19.4 Å². The van der Waals surface area contributed by atoms with E-state index < -0.39 is 5.97 Å². The molecule has 1 aromatic rings. The first kappa shape index (κ1) is 9.06. The van der Waals surface area contributed by atoms with Gasteiger partial charge in [0.2, 0.25) is 5.28 Å². The van der Waals surface area contributed by atoms with Gasteiger partial charge in [0.15, 0.2) is 0 Å². The Balaban J connectivity index is 2.71. The molecule has 4 nitrogen and oxygen atoms in total. The summed E-state index contributed by atoms with van der Waals surface area (Å²) in [5.74, 6) is -0.840. The minimum Gasteiger partial charge on any atom is -0.481 e. The summed E-state index contributed by atoms with van der Waals surface area (Å²) in [6, 6.07) is -0.155. The molecule has 0 aromatic carbocycles. The van der Waals surface area contributed by atoms with Crippen molar-refractivity contribution in [3.05, 3.63) is 17.7 Å². The fourth-order valence-corrected chi connectivity index (χ4v) is 1.25. The summed E-state index contributed by atoms with van der Waals surface area (Å²) in [5.41, 5.74) is 0. The predicted molar refractivity (Wildman–Crippen MR) is 44.2 cm³/mol. The van der Waals surface area contributed by atoms with Crippen LogP contribution in [0.3, 0.4) is 0 Å². The quantitative estimate of drug-likeness (QED) is 0.784. The van der Waals surface area contributed by atoms with Gasteiger partial charge in [0.05, 0.1) is 6.42 Å². The molecule has 1 N–H and O–H groups in total. The summed E-state index contributed by atoms with van der Waals surface area (Å²) in [6.45, 7) is 1.78. The lowest BCUT2D eigenvalue weighted by Gasteiger charge is -2.10. The molecule has 0 fully saturated rings. The largest absolute Gasteiger partial charge is 0.481 e. The molecule has 1 aromatic heterocycles. The van der Waals surface area contributed by atoms with Crippen LogP contribution in [-0.4, -0.2) is 20.6 Å². The van der Waals surface area contributed by atoms with Crippen LogP contribution in [-0.2, 0) is 4.79 Å². The number of nitrogens with zero attached hydrogens (tertiary/aromatic N) is 2. The number of imidazole rings is 1. The highest BCUT2D eigenvalue weighted by atomic mass is 35.5. The molecule has 0 aliphatic rings. The van der Waals surface area contributed by atoms with Crippen LogP contribution in [0.4, 0.5) is 0 Å². The third kappa shape index (κ3) is 1.98. The van der Waals surface area contributed by atoms with Crippen molar-refractivity contribution in [2.45, 2.75) is 19.4 Å². The second-order valence-corrected chi connectivity index (χ2v) is 2.89. The first-order valence-electron chi connectivity index (χ1n) is 3.51. The third-order valence-electron chi connectivity index (χ3n) is 1.57. The minimum absolute atomic E-state index is 0.0517. The Morgan fingerprint density at radius 1 is 1.92 bits per heavy atom. The number of hydrogen-bond acceptors (Lipinski definition) is 2. The van der Waals surface area contributed by atoms with Gasteiger partial charge in [-0.3, -0.25) is 4.79 Å². The molecule has 1 heterocycles. The maximum Gasteiger partial charge on any atom is 0.305 e. The number of carbonyl (C=O) groups is 1. The number of aliphatic carboxylic acids is 1. The zero-order valence-electron chi connectivity index (χ0n) is 6.57. The normalized spacial score (nSPS) is 12.8. The average Bonchev–Trinajstić information content (AvgIpc) is 2.33. The number of aromatic nitrogens is 2. The lowest BCUT2D eigenvalue weighted by Crippen LogP contribution is -2.09. The molecule has 0 saturated heterocycles. The standard InChI is InChI=1S/C7H9ClN2O2/c1-5(4-6(11)12)10-3-2-9-7(10)8/h2-3,5H,4H2,1H3,(H,11,12)/t5-/m0/s1. The molecule has 0 unspecified atom stereocenters. The van der Waals surface area contributed by atoms with Crippen LogP contribution in [0.15, 0.2) is 12.4 Å². The second kappa shape index (κ2) is 3.58. The molecule has 0 bridgehead atoms. The molecule has 1 rings (SSSR count). The molecule has 12 heavy (non-hydrogen) atoms. The van der Waals surface area contributed by atoms with Crippen LogP contribution < -0.4 is 0 Å². The Bertz CT molecular complexity index is 285. The van der Waals surface area contributed by atoms with E-state index in [9.17, 15) is 4.79 Å². The van der Waals surface area contributed by atoms with Crippen LogP contribution in [0.2, 0.25) is 5.28 Å². The van der Waals surface area contributed by atoms with Gasteiger partial charge in [0.1, 0.15) is 0 Å². The lowest BCUT2D eigenvalue weighted by atomic mass is 10.2. The molecule has 0 radical (unpaired) electrons. The first-order chi connectivity index (χ1) is 5.61. The molecule has 0 saturated carbocycles. The molecule has 1 atom stereocenters. The van der Waals surface area contributed by atoms with Gasteiger partial charge in [0.25, 0.3) is 0 Å². The monoisotopic (exact) mass is 188 g/mol. The average molecular weight is 189 g/mol. The van der Waals surface area contributed by atoms with Gasteiger partial charge in [-0.05, 0) is 18.5 Å². The summed E-state index contributed by atoms with van der Waals surface area (Å²) in [7, 11) is 0. The highest BCUT2D eigenvalue weighted by Gasteiger charge is 2.11. The van der Waals surface area contributed by atoms with Gasteiger partial charge < -0.3 is 9.67 Å². The van der Waals surface area contributed by atoms with E-state index in [1.807, 2.05) is 0 Å². The fourth-order valence-electron chi connectivity index (χ4n) is 0.975. The van der Waals surface area contributed by atoms with Crippen molar-refractivity contribution < 1.29 is 9.90 Å². The molecule has 66 valence electrons. The van der Waals surface area contributed by atoms with E-state index in [0.717, 1.165) is 0 Å². The second-order valence-electron chi connectivity index (χ2n) is 2.55. The van der Waals surface area contributed by atoms with Crippen molar-refractivity contribution >= 4 is 17.6 Å². The van der Waals surface area contributed by atoms with Crippen LogP contribution in [0, 0.1) is 0 Å². The summed E-state index contributed by atoms with van der Waals surface area (Å²) in [6.07, 6.45) is 3.26. The maximum atomic E-state index is 10.3. The SMILES string of the molecule is C[C@@H](CC(=O)O)n1ccnc1Cl. The number of halogens is 1. The molecule has 0 spiro atoms. The minimum atomic E-state index is -0.840. The van der Waals surface area contributed by atoms with Gasteiger partial charge in [-0.1, -0.05) is 0 Å². The molecule has 5 heteroatoms. The number of carboxylic acids is 1. The highest BCUT2D eigenvalue weighted by molar-refractivity contribution is 6.28. The Hall–Kier alpha value is -1.03. The van der Waals surface area contributed by atoms with Crippen LogP contribution in [0.5, 0.6) is 0 Å². The first-order valence-corrected chi connectivity index (χ1v) is 3.89. The Labute approximate surface area is 74.8 Å². The van der Waals surface area contributed by atoms with Crippen molar-refractivity contribution in [3.63, 3.8) is 0 Å². The number of carboxylic acid groups (broad SMARTS) is 1. The summed E-state index contributed by atoms with van der Waals surface area (Å²) in [5, 5.41) is 8.82. The smallest absolute Gasteiger partial charge is 0.305 e. The van der Waals surface area contributed by atoms with Gasteiger partial charge in [-0.25, -0.2) is 4.98 Å². The van der Waals surface area contributed by atoms with E-state index in [1.54, 1.807) is 23.9 Å². The highest BCUT2D eigenvalue weighted by Crippen LogP contribution is 2.16. The zero-order valence-corrected chi connectivity index (χ0v) is 7.32. The van der Waals surface area contributed by atoms with E-state index in [2.05, 4.69) is 4.98 Å². The Kier molecular flexibility index (Phi) is 2.70. The fraction of sp³-hybridized carbons (Fsp3) is 0.429. The van der Waals surface area contributed by atoms with Gasteiger partial charge in [0, 0.05) is 18.4 Å². The number of hydrogen-bond donors (Lipinski definition) is 1. The molecular formula is C7H9ClN2O2. The van der Waals surface area contributed by atoms with Crippen molar-refractivity contribution in [1.82, 2.24) is 9.55 Å². The van der Waals surface area contributed by atoms with E-state index >= 15 is 0 Å². The molecular weight excluding hydrogens is 180 g/mol. The summed E-state index contributed by atoms with van der Waals surface area (Å²) in [4.78, 5) is 14.1. The van der Waals surface area contributed by atoms with Crippen molar-refractivity contribution in [1.29, 1.82) is 0 Å². The molecule has 0 aliphatic carbocycles. The van der Waals surface area contributed by atoms with Crippen molar-refractivity contribution in [2.24, 2.45) is 0 Å². The molecule has 0 aliphatic heterocycles. The lowest BCUT2D eigenvalue weighted by molar-refractivity contribution is -0.137. The van der Waals surface area contributed by atoms with E-state index in [-0.39, 0.29) is 12.5 Å². The number of rotatable bonds is 3. The van der Waals surface area contributed by atoms with Crippen LogP contribution >= 0.6 is 11.6 Å². The zero-order chi connectivity index (χ0) is 9.14. The van der Waals surface area contributed by atoms with Gasteiger partial charge in [-0.2, -0.15) is 0 Å². The van der Waals surface area contributed by atoms with Gasteiger partial charge in [-0.15, -0.1) is 0 Å². The topological polar surface area (TPSA) is 55.1 Å². The maximum absolute atomic E-state index is 10.3. The Morgan fingerprint density at radius 2 is 2.58 bits per heavy atom. The van der Waals surface area contributed by atoms with E-state index in [4.69, 9.17) is 16.7 Å². The van der Waals surface area contributed by atoms with Crippen molar-refractivity contribution in [2.75, 3.05) is 0 Å². The summed E-state index contributed by atoms with van der Waals surface area (Å²) < 4.78 is 1.62.